The van der Waals surface area contributed by atoms with Gasteiger partial charge in [-0.25, -0.2) is 0 Å². The highest BCUT2D eigenvalue weighted by atomic mass is 16.5. The molecular formula is C23H32N4O5. The van der Waals surface area contributed by atoms with E-state index in [0.29, 0.717) is 51.3 Å². The number of carbonyl (C=O) groups is 3. The Morgan fingerprint density at radius 3 is 2.62 bits per heavy atom. The summed E-state index contributed by atoms with van der Waals surface area (Å²) >= 11 is 0. The van der Waals surface area contributed by atoms with Crippen LogP contribution in [0.4, 0.5) is 0 Å². The zero-order chi connectivity index (χ0) is 23.1. The average Bonchev–Trinajstić information content (AvgIpc) is 3.43. The summed E-state index contributed by atoms with van der Waals surface area (Å²) < 4.78 is 12.8. The molecule has 1 fully saturated rings. The van der Waals surface area contributed by atoms with Crippen LogP contribution in [-0.2, 0) is 27.4 Å². The third-order valence-corrected chi connectivity index (χ3v) is 5.77. The van der Waals surface area contributed by atoms with Gasteiger partial charge in [0.05, 0.1) is 13.1 Å². The maximum Gasteiger partial charge on any atom is 0.289 e. The monoisotopic (exact) mass is 444 g/mol. The number of amides is 3. The highest BCUT2D eigenvalue weighted by Gasteiger charge is 2.28. The van der Waals surface area contributed by atoms with Crippen molar-refractivity contribution in [2.75, 3.05) is 33.4 Å². The fourth-order valence-corrected chi connectivity index (χ4v) is 3.99. The van der Waals surface area contributed by atoms with Gasteiger partial charge in [-0.15, -0.1) is 0 Å². The molecule has 32 heavy (non-hydrogen) atoms. The lowest BCUT2D eigenvalue weighted by atomic mass is 9.96. The number of methoxy groups -OCH3 is 1. The molecule has 1 aliphatic heterocycles. The first-order chi connectivity index (χ1) is 15.4. The van der Waals surface area contributed by atoms with Gasteiger partial charge < -0.3 is 29.3 Å². The molecule has 2 N–H and O–H groups in total. The minimum atomic E-state index is -0.304. The van der Waals surface area contributed by atoms with E-state index >= 15 is 0 Å². The van der Waals surface area contributed by atoms with E-state index in [1.54, 1.807) is 21.9 Å². The Balaban J connectivity index is 1.62. The zero-order valence-electron chi connectivity index (χ0n) is 18.8. The number of carbonyl (C=O) groups excluding carboxylic acids is 3. The molecule has 0 bridgehead atoms. The summed E-state index contributed by atoms with van der Waals surface area (Å²) in [5.74, 6) is 0.249. The molecule has 0 saturated carbocycles. The molecule has 0 radical (unpaired) electrons. The van der Waals surface area contributed by atoms with Crippen LogP contribution in [0.15, 0.2) is 34.9 Å². The van der Waals surface area contributed by atoms with Crippen molar-refractivity contribution in [3.8, 4) is 0 Å². The van der Waals surface area contributed by atoms with Crippen molar-refractivity contribution in [3.05, 3.63) is 47.7 Å². The Kier molecular flexibility index (Phi) is 8.10. The van der Waals surface area contributed by atoms with E-state index in [2.05, 4.69) is 0 Å². The fourth-order valence-electron chi connectivity index (χ4n) is 3.99. The summed E-state index contributed by atoms with van der Waals surface area (Å²) in [6.45, 7) is 4.66. The lowest BCUT2D eigenvalue weighted by molar-refractivity contribution is -0.135. The molecule has 0 aliphatic carbocycles. The third kappa shape index (κ3) is 5.79. The molecule has 1 saturated heterocycles. The molecule has 9 heteroatoms. The molecule has 2 aromatic rings. The van der Waals surface area contributed by atoms with Crippen LogP contribution in [0.5, 0.6) is 0 Å². The van der Waals surface area contributed by atoms with Gasteiger partial charge in [0.25, 0.3) is 5.91 Å². The van der Waals surface area contributed by atoms with Gasteiger partial charge in [0.15, 0.2) is 5.76 Å². The molecule has 3 amide bonds. The van der Waals surface area contributed by atoms with Gasteiger partial charge in [-0.2, -0.15) is 0 Å². The Morgan fingerprint density at radius 1 is 1.22 bits per heavy atom. The first-order valence-corrected chi connectivity index (χ1v) is 11.0. The van der Waals surface area contributed by atoms with Gasteiger partial charge in [0.2, 0.25) is 11.8 Å². The lowest BCUT2D eigenvalue weighted by Gasteiger charge is -2.29. The minimum Gasteiger partial charge on any atom is -0.454 e. The number of hydrogen-bond donors (Lipinski definition) is 1. The normalized spacial score (nSPS) is 14.5. The minimum absolute atomic E-state index is 0.0481. The molecule has 174 valence electrons. The second-order valence-corrected chi connectivity index (χ2v) is 8.11. The summed E-state index contributed by atoms with van der Waals surface area (Å²) in [4.78, 5) is 39.9. The number of likely N-dealkylation sites (tertiary alicyclic amines) is 1. The molecule has 0 unspecified atom stereocenters. The highest BCUT2D eigenvalue weighted by Crippen LogP contribution is 2.20. The van der Waals surface area contributed by atoms with Crippen LogP contribution in [0.3, 0.4) is 0 Å². The number of nitrogens with zero attached hydrogens (tertiary/aromatic N) is 3. The number of nitrogens with two attached hydrogens (primary N) is 1. The second kappa shape index (κ2) is 11.0. The van der Waals surface area contributed by atoms with Crippen molar-refractivity contribution in [3.63, 3.8) is 0 Å². The van der Waals surface area contributed by atoms with E-state index in [1.165, 1.54) is 7.11 Å². The first kappa shape index (κ1) is 23.6. The van der Waals surface area contributed by atoms with E-state index in [-0.39, 0.29) is 36.0 Å². The van der Waals surface area contributed by atoms with Crippen molar-refractivity contribution < 1.29 is 23.5 Å². The number of aromatic nitrogens is 1. The summed E-state index contributed by atoms with van der Waals surface area (Å²) in [7, 11) is 1.51. The first-order valence-electron chi connectivity index (χ1n) is 11.0. The smallest absolute Gasteiger partial charge is 0.289 e. The van der Waals surface area contributed by atoms with Crippen molar-refractivity contribution in [2.24, 2.45) is 11.7 Å². The standard InChI is InChI=1S/C23H32N4O5/c1-3-10-27(21(28)16-31-2)14-18-5-4-11-26(18)15-19-6-7-20(32-19)23(30)25-12-8-17(9-13-25)22(24)29/h4-7,11,17H,3,8-10,12-16H2,1-2H3,(H2,24,29). The number of rotatable bonds is 10. The summed E-state index contributed by atoms with van der Waals surface area (Å²) in [6, 6.07) is 7.39. The van der Waals surface area contributed by atoms with Crippen LogP contribution in [0.25, 0.3) is 0 Å². The van der Waals surface area contributed by atoms with Crippen LogP contribution < -0.4 is 5.73 Å². The second-order valence-electron chi connectivity index (χ2n) is 8.11. The molecule has 0 spiro atoms. The van der Waals surface area contributed by atoms with Gasteiger partial charge in [-0.1, -0.05) is 6.92 Å². The van der Waals surface area contributed by atoms with E-state index in [1.807, 2.05) is 29.8 Å². The quantitative estimate of drug-likeness (QED) is 0.601. The molecule has 2 aromatic heterocycles. The maximum absolute atomic E-state index is 12.8. The SMILES string of the molecule is CCCN(Cc1cccn1Cc1ccc(C(=O)N2CCC(C(N)=O)CC2)o1)C(=O)COC. The largest absolute Gasteiger partial charge is 0.454 e. The third-order valence-electron chi connectivity index (χ3n) is 5.77. The predicted octanol–water partition coefficient (Wildman–Crippen LogP) is 1.85. The van der Waals surface area contributed by atoms with Gasteiger partial charge in [-0.05, 0) is 43.5 Å². The van der Waals surface area contributed by atoms with Gasteiger partial charge in [-0.3, -0.25) is 14.4 Å². The average molecular weight is 445 g/mol. The maximum atomic E-state index is 12.8. The molecule has 0 aromatic carbocycles. The molecule has 3 heterocycles. The number of primary amides is 1. The van der Waals surface area contributed by atoms with Crippen molar-refractivity contribution >= 4 is 17.7 Å². The fraction of sp³-hybridized carbons (Fsp3) is 0.522. The van der Waals surface area contributed by atoms with Crippen LogP contribution in [-0.4, -0.2) is 65.4 Å². The van der Waals surface area contributed by atoms with Crippen LogP contribution in [0.2, 0.25) is 0 Å². The van der Waals surface area contributed by atoms with Crippen LogP contribution in [0.1, 0.15) is 48.2 Å². The van der Waals surface area contributed by atoms with Crippen molar-refractivity contribution in [1.82, 2.24) is 14.4 Å². The van der Waals surface area contributed by atoms with Gasteiger partial charge in [0, 0.05) is 44.6 Å². The summed E-state index contributed by atoms with van der Waals surface area (Å²) in [5, 5.41) is 0. The van der Waals surface area contributed by atoms with E-state index in [4.69, 9.17) is 14.9 Å². The molecule has 0 atom stereocenters. The topological polar surface area (TPSA) is 111 Å². The van der Waals surface area contributed by atoms with E-state index in [9.17, 15) is 14.4 Å². The predicted molar refractivity (Wildman–Crippen MR) is 118 cm³/mol. The zero-order valence-corrected chi connectivity index (χ0v) is 18.8. The lowest BCUT2D eigenvalue weighted by Crippen LogP contribution is -2.41. The van der Waals surface area contributed by atoms with E-state index < -0.39 is 0 Å². The molecular weight excluding hydrogens is 412 g/mol. The Labute approximate surface area is 188 Å². The van der Waals surface area contributed by atoms with Crippen molar-refractivity contribution in [2.45, 2.75) is 39.3 Å². The molecule has 1 aliphatic rings. The van der Waals surface area contributed by atoms with Crippen molar-refractivity contribution in [1.29, 1.82) is 0 Å². The number of hydrogen-bond acceptors (Lipinski definition) is 5. The van der Waals surface area contributed by atoms with Crippen LogP contribution >= 0.6 is 0 Å². The summed E-state index contributed by atoms with van der Waals surface area (Å²) in [5.41, 5.74) is 6.34. The molecule has 9 nitrogen and oxygen atoms in total. The van der Waals surface area contributed by atoms with Gasteiger partial charge in [0.1, 0.15) is 12.4 Å². The van der Waals surface area contributed by atoms with Crippen LogP contribution in [0, 0.1) is 5.92 Å². The Hall–Kier alpha value is -3.07. The number of furan rings is 1. The Bertz CT molecular complexity index is 926. The van der Waals surface area contributed by atoms with Gasteiger partial charge >= 0.3 is 0 Å². The number of ether oxygens (including phenoxy) is 1. The number of piperidine rings is 1. The molecule has 3 rings (SSSR count). The van der Waals surface area contributed by atoms with E-state index in [0.717, 1.165) is 12.1 Å². The highest BCUT2D eigenvalue weighted by molar-refractivity contribution is 5.91. The Morgan fingerprint density at radius 2 is 1.97 bits per heavy atom. The summed E-state index contributed by atoms with van der Waals surface area (Å²) in [6.07, 6.45) is 3.95.